The Morgan fingerprint density at radius 1 is 1.23 bits per heavy atom. The highest BCUT2D eigenvalue weighted by Crippen LogP contribution is 2.33. The van der Waals surface area contributed by atoms with E-state index < -0.39 is 0 Å². The highest BCUT2D eigenvalue weighted by molar-refractivity contribution is 8.26. The molecule has 0 saturated carbocycles. The maximum Gasteiger partial charge on any atom is 0.266 e. The normalized spacial score (nSPS) is 19.0. The predicted molar refractivity (Wildman–Crippen MR) is 125 cm³/mol. The third kappa shape index (κ3) is 6.78. The van der Waals surface area contributed by atoms with Crippen LogP contribution >= 0.6 is 35.6 Å². The molecule has 2 aliphatic heterocycles. The third-order valence-corrected chi connectivity index (χ3v) is 6.65. The smallest absolute Gasteiger partial charge is 0.266 e. The Hall–Kier alpha value is -1.45. The first-order valence-electron chi connectivity index (χ1n) is 10.1. The van der Waals surface area contributed by atoms with E-state index in [1.807, 2.05) is 18.2 Å². The SMILES string of the molecule is O=C(CCCN1C(=O)C(=Cc2ccccc2Cl)SC1=S)NCCCN1CCOCC1. The first-order chi connectivity index (χ1) is 14.5. The number of morpholine rings is 1. The lowest BCUT2D eigenvalue weighted by Gasteiger charge is -2.26. The van der Waals surface area contributed by atoms with Gasteiger partial charge in [-0.25, -0.2) is 0 Å². The first-order valence-corrected chi connectivity index (χ1v) is 11.7. The number of nitrogens with one attached hydrogen (secondary N) is 1. The molecule has 30 heavy (non-hydrogen) atoms. The Morgan fingerprint density at radius 3 is 2.77 bits per heavy atom. The molecule has 162 valence electrons. The van der Waals surface area contributed by atoms with Crippen LogP contribution in [0.15, 0.2) is 29.2 Å². The molecule has 0 radical (unpaired) electrons. The topological polar surface area (TPSA) is 61.9 Å². The minimum absolute atomic E-state index is 0.00836. The van der Waals surface area contributed by atoms with Crippen molar-refractivity contribution in [3.63, 3.8) is 0 Å². The molecule has 0 aromatic heterocycles. The van der Waals surface area contributed by atoms with Gasteiger partial charge in [0.15, 0.2) is 0 Å². The van der Waals surface area contributed by atoms with Gasteiger partial charge < -0.3 is 10.1 Å². The second kappa shape index (κ2) is 11.8. The fourth-order valence-electron chi connectivity index (χ4n) is 3.27. The Balaban J connectivity index is 1.37. The van der Waals surface area contributed by atoms with E-state index in [-0.39, 0.29) is 11.8 Å². The summed E-state index contributed by atoms with van der Waals surface area (Å²) >= 11 is 12.8. The number of amides is 2. The quantitative estimate of drug-likeness (QED) is 0.342. The number of carbonyl (C=O) groups is 2. The number of thioether (sulfide) groups is 1. The Kier molecular flexibility index (Phi) is 9.14. The molecule has 0 atom stereocenters. The largest absolute Gasteiger partial charge is 0.379 e. The molecule has 6 nitrogen and oxygen atoms in total. The van der Waals surface area contributed by atoms with E-state index in [2.05, 4.69) is 10.2 Å². The van der Waals surface area contributed by atoms with Crippen LogP contribution in [-0.4, -0.2) is 71.9 Å². The summed E-state index contributed by atoms with van der Waals surface area (Å²) in [6, 6.07) is 7.36. The molecular formula is C21H26ClN3O3S2. The van der Waals surface area contributed by atoms with Gasteiger partial charge in [0.25, 0.3) is 5.91 Å². The molecule has 1 N–H and O–H groups in total. The molecule has 0 spiro atoms. The zero-order valence-electron chi connectivity index (χ0n) is 16.8. The van der Waals surface area contributed by atoms with E-state index in [4.69, 9.17) is 28.6 Å². The number of nitrogens with zero attached hydrogens (tertiary/aromatic N) is 2. The number of benzene rings is 1. The first kappa shape index (κ1) is 23.2. The summed E-state index contributed by atoms with van der Waals surface area (Å²) in [7, 11) is 0. The van der Waals surface area contributed by atoms with Gasteiger partial charge >= 0.3 is 0 Å². The van der Waals surface area contributed by atoms with Gasteiger partial charge in [-0.15, -0.1) is 0 Å². The van der Waals surface area contributed by atoms with Crippen LogP contribution in [0.4, 0.5) is 0 Å². The zero-order chi connectivity index (χ0) is 21.3. The molecule has 2 fully saturated rings. The van der Waals surface area contributed by atoms with Gasteiger partial charge in [0.2, 0.25) is 5.91 Å². The summed E-state index contributed by atoms with van der Waals surface area (Å²) in [5.41, 5.74) is 0.788. The van der Waals surface area contributed by atoms with Gasteiger partial charge in [0.1, 0.15) is 4.32 Å². The number of thiocarbonyl (C=S) groups is 1. The van der Waals surface area contributed by atoms with Crippen LogP contribution < -0.4 is 5.32 Å². The molecule has 3 rings (SSSR count). The van der Waals surface area contributed by atoms with E-state index >= 15 is 0 Å². The van der Waals surface area contributed by atoms with E-state index in [0.717, 1.165) is 44.8 Å². The Labute approximate surface area is 191 Å². The van der Waals surface area contributed by atoms with Crippen molar-refractivity contribution in [3.05, 3.63) is 39.8 Å². The predicted octanol–water partition coefficient (Wildman–Crippen LogP) is 3.16. The molecule has 0 aliphatic carbocycles. The minimum atomic E-state index is -0.129. The summed E-state index contributed by atoms with van der Waals surface area (Å²) < 4.78 is 5.85. The van der Waals surface area contributed by atoms with Crippen LogP contribution in [0.1, 0.15) is 24.8 Å². The average molecular weight is 468 g/mol. The molecule has 2 amide bonds. The van der Waals surface area contributed by atoms with Crippen molar-refractivity contribution in [1.29, 1.82) is 0 Å². The number of hydrogen-bond donors (Lipinski definition) is 1. The van der Waals surface area contributed by atoms with Crippen LogP contribution in [0.2, 0.25) is 5.02 Å². The highest BCUT2D eigenvalue weighted by Gasteiger charge is 2.31. The van der Waals surface area contributed by atoms with Crippen LogP contribution in [0.5, 0.6) is 0 Å². The monoisotopic (exact) mass is 467 g/mol. The molecule has 9 heteroatoms. The molecule has 2 heterocycles. The van der Waals surface area contributed by atoms with E-state index in [1.165, 1.54) is 11.8 Å². The number of rotatable bonds is 9. The van der Waals surface area contributed by atoms with Gasteiger partial charge in [-0.05, 0) is 37.1 Å². The summed E-state index contributed by atoms with van der Waals surface area (Å²) in [6.07, 6.45) is 3.63. The number of carbonyl (C=O) groups excluding carboxylic acids is 2. The lowest BCUT2D eigenvalue weighted by Crippen LogP contribution is -2.38. The summed E-state index contributed by atoms with van der Waals surface area (Å²) in [4.78, 5) is 29.2. The van der Waals surface area contributed by atoms with Crippen LogP contribution in [-0.2, 0) is 14.3 Å². The van der Waals surface area contributed by atoms with Crippen LogP contribution in [0.3, 0.4) is 0 Å². The fraction of sp³-hybridized carbons (Fsp3) is 0.476. The second-order valence-electron chi connectivity index (χ2n) is 7.12. The van der Waals surface area contributed by atoms with Crippen molar-refractivity contribution < 1.29 is 14.3 Å². The highest BCUT2D eigenvalue weighted by atomic mass is 35.5. The molecule has 0 bridgehead atoms. The maximum atomic E-state index is 12.7. The number of hydrogen-bond acceptors (Lipinski definition) is 6. The van der Waals surface area contributed by atoms with Crippen molar-refractivity contribution in [2.24, 2.45) is 0 Å². The zero-order valence-corrected chi connectivity index (χ0v) is 19.2. The third-order valence-electron chi connectivity index (χ3n) is 4.93. The molecule has 2 saturated heterocycles. The van der Waals surface area contributed by atoms with Crippen molar-refractivity contribution in [3.8, 4) is 0 Å². The van der Waals surface area contributed by atoms with Gasteiger partial charge in [-0.3, -0.25) is 19.4 Å². The van der Waals surface area contributed by atoms with Crippen molar-refractivity contribution in [2.75, 3.05) is 45.9 Å². The van der Waals surface area contributed by atoms with Gasteiger partial charge in [-0.2, -0.15) is 0 Å². The van der Waals surface area contributed by atoms with E-state index in [0.29, 0.717) is 40.2 Å². The number of ether oxygens (including phenoxy) is 1. The molecule has 1 aromatic carbocycles. The Morgan fingerprint density at radius 2 is 2.00 bits per heavy atom. The summed E-state index contributed by atoms with van der Waals surface area (Å²) in [5, 5.41) is 3.54. The van der Waals surface area contributed by atoms with Crippen LogP contribution in [0.25, 0.3) is 6.08 Å². The molecule has 1 aromatic rings. The Bertz CT molecular complexity index is 812. The molecule has 0 unspecified atom stereocenters. The van der Waals surface area contributed by atoms with E-state index in [1.54, 1.807) is 17.0 Å². The van der Waals surface area contributed by atoms with Crippen molar-refractivity contribution >= 4 is 57.8 Å². The maximum absolute atomic E-state index is 12.7. The summed E-state index contributed by atoms with van der Waals surface area (Å²) in [5.74, 6) is -0.120. The van der Waals surface area contributed by atoms with Gasteiger partial charge in [-0.1, -0.05) is 53.8 Å². The number of halogens is 1. The fourth-order valence-corrected chi connectivity index (χ4v) is 4.76. The van der Waals surface area contributed by atoms with Gasteiger partial charge in [0.05, 0.1) is 18.1 Å². The lowest BCUT2D eigenvalue weighted by molar-refractivity contribution is -0.124. The van der Waals surface area contributed by atoms with E-state index in [9.17, 15) is 9.59 Å². The van der Waals surface area contributed by atoms with Crippen molar-refractivity contribution in [2.45, 2.75) is 19.3 Å². The van der Waals surface area contributed by atoms with Gasteiger partial charge in [0, 0.05) is 37.6 Å². The van der Waals surface area contributed by atoms with Crippen LogP contribution in [0, 0.1) is 0 Å². The average Bonchev–Trinajstić information content (AvgIpc) is 3.01. The lowest BCUT2D eigenvalue weighted by atomic mass is 10.2. The summed E-state index contributed by atoms with van der Waals surface area (Å²) in [6.45, 7) is 5.57. The van der Waals surface area contributed by atoms with Crippen molar-refractivity contribution in [1.82, 2.24) is 15.1 Å². The second-order valence-corrected chi connectivity index (χ2v) is 9.20. The standard InChI is InChI=1S/C21H26ClN3O3S2/c22-17-6-2-1-5-16(17)15-18-20(27)25(21(29)30-18)10-3-7-19(26)23-8-4-9-24-11-13-28-14-12-24/h1-2,5-6,15H,3-4,7-14H2,(H,23,26). The minimum Gasteiger partial charge on any atom is -0.379 e. The molecular weight excluding hydrogens is 442 g/mol. The molecule has 2 aliphatic rings.